The predicted molar refractivity (Wildman–Crippen MR) is 92.7 cm³/mol. The Labute approximate surface area is 147 Å². The Bertz CT molecular complexity index is 611. The Kier molecular flexibility index (Phi) is 5.43. The third kappa shape index (κ3) is 4.04. The summed E-state index contributed by atoms with van der Waals surface area (Å²) in [6, 6.07) is 7.83. The second kappa shape index (κ2) is 7.74. The van der Waals surface area contributed by atoms with Gasteiger partial charge in [0.05, 0.1) is 7.11 Å². The van der Waals surface area contributed by atoms with E-state index in [0.29, 0.717) is 32.8 Å². The van der Waals surface area contributed by atoms with Gasteiger partial charge in [-0.05, 0) is 30.5 Å². The van der Waals surface area contributed by atoms with Gasteiger partial charge in [0.15, 0.2) is 0 Å². The highest BCUT2D eigenvalue weighted by Crippen LogP contribution is 2.35. The van der Waals surface area contributed by atoms with Crippen LogP contribution >= 0.6 is 0 Å². The molecule has 0 spiro atoms. The molecule has 1 aromatic rings. The van der Waals surface area contributed by atoms with E-state index in [4.69, 9.17) is 9.47 Å². The van der Waals surface area contributed by atoms with Gasteiger partial charge in [0.1, 0.15) is 12.3 Å². The molecule has 3 rings (SSSR count). The first kappa shape index (κ1) is 17.5. The van der Waals surface area contributed by atoms with Crippen molar-refractivity contribution in [1.82, 2.24) is 15.5 Å². The van der Waals surface area contributed by atoms with E-state index in [0.717, 1.165) is 18.6 Å². The van der Waals surface area contributed by atoms with Crippen molar-refractivity contribution in [3.63, 3.8) is 0 Å². The van der Waals surface area contributed by atoms with Gasteiger partial charge in [-0.25, -0.2) is 4.79 Å². The maximum atomic E-state index is 12.4. The molecule has 2 aliphatic heterocycles. The van der Waals surface area contributed by atoms with E-state index in [2.05, 4.69) is 22.8 Å². The second-order valence-electron chi connectivity index (χ2n) is 6.55. The molecule has 0 bridgehead atoms. The van der Waals surface area contributed by atoms with Gasteiger partial charge < -0.3 is 25.0 Å². The molecule has 0 unspecified atom stereocenters. The summed E-state index contributed by atoms with van der Waals surface area (Å²) in [5.74, 6) is 0.701. The molecule has 0 aliphatic carbocycles. The smallest absolute Gasteiger partial charge is 0.317 e. The number of nitrogens with one attached hydrogen (secondary N) is 2. The fraction of sp³-hybridized carbons (Fsp3) is 0.556. The van der Waals surface area contributed by atoms with E-state index >= 15 is 0 Å². The molecule has 25 heavy (non-hydrogen) atoms. The van der Waals surface area contributed by atoms with E-state index in [1.54, 1.807) is 12.0 Å². The second-order valence-corrected chi connectivity index (χ2v) is 6.55. The van der Waals surface area contributed by atoms with Crippen molar-refractivity contribution in [1.29, 1.82) is 0 Å². The van der Waals surface area contributed by atoms with Gasteiger partial charge in [-0.15, -0.1) is 0 Å². The SMILES string of the molecule is COc1ccc(C2(CNC(=O)N3CCNC(=O)C3)CCOCC2)cc1. The Balaban J connectivity index is 1.69. The van der Waals surface area contributed by atoms with Crippen LogP contribution in [0.15, 0.2) is 24.3 Å². The number of benzene rings is 1. The zero-order chi connectivity index (χ0) is 17.7. The molecular formula is C18H25N3O4. The number of hydrogen-bond acceptors (Lipinski definition) is 4. The number of rotatable bonds is 4. The number of carbonyl (C=O) groups excluding carboxylic acids is 2. The van der Waals surface area contributed by atoms with Crippen molar-refractivity contribution in [3.8, 4) is 5.75 Å². The monoisotopic (exact) mass is 347 g/mol. The lowest BCUT2D eigenvalue weighted by Gasteiger charge is -2.38. The maximum Gasteiger partial charge on any atom is 0.317 e. The number of hydrogen-bond donors (Lipinski definition) is 2. The van der Waals surface area contributed by atoms with Gasteiger partial charge in [-0.1, -0.05) is 12.1 Å². The minimum absolute atomic E-state index is 0.114. The van der Waals surface area contributed by atoms with Crippen LogP contribution in [0.1, 0.15) is 18.4 Å². The van der Waals surface area contributed by atoms with Gasteiger partial charge in [0.25, 0.3) is 0 Å². The molecule has 2 heterocycles. The highest BCUT2D eigenvalue weighted by Gasteiger charge is 2.35. The van der Waals surface area contributed by atoms with Gasteiger partial charge in [-0.2, -0.15) is 0 Å². The zero-order valence-electron chi connectivity index (χ0n) is 14.5. The molecule has 0 radical (unpaired) electrons. The lowest BCUT2D eigenvalue weighted by Crippen LogP contribution is -2.55. The van der Waals surface area contributed by atoms with Crippen LogP contribution in [0, 0.1) is 0 Å². The molecule has 7 heteroatoms. The van der Waals surface area contributed by atoms with Crippen LogP contribution < -0.4 is 15.4 Å². The number of methoxy groups -OCH3 is 1. The first-order valence-electron chi connectivity index (χ1n) is 8.65. The third-order valence-electron chi connectivity index (χ3n) is 5.06. The summed E-state index contributed by atoms with van der Waals surface area (Å²) in [5.41, 5.74) is 1.02. The van der Waals surface area contributed by atoms with Crippen LogP contribution in [0.3, 0.4) is 0 Å². The Morgan fingerprint density at radius 3 is 2.68 bits per heavy atom. The van der Waals surface area contributed by atoms with Gasteiger partial charge in [-0.3, -0.25) is 4.79 Å². The van der Waals surface area contributed by atoms with Crippen LogP contribution in [0.25, 0.3) is 0 Å². The van der Waals surface area contributed by atoms with Crippen LogP contribution in [0.4, 0.5) is 4.79 Å². The number of amides is 3. The summed E-state index contributed by atoms with van der Waals surface area (Å²) in [6.07, 6.45) is 1.69. The Morgan fingerprint density at radius 1 is 1.32 bits per heavy atom. The zero-order valence-corrected chi connectivity index (χ0v) is 14.5. The van der Waals surface area contributed by atoms with E-state index in [1.165, 1.54) is 5.56 Å². The number of piperazine rings is 1. The first-order valence-corrected chi connectivity index (χ1v) is 8.65. The van der Waals surface area contributed by atoms with Crippen LogP contribution in [0.2, 0.25) is 0 Å². The molecule has 2 aliphatic rings. The van der Waals surface area contributed by atoms with Crippen LogP contribution in [-0.2, 0) is 14.9 Å². The lowest BCUT2D eigenvalue weighted by atomic mass is 9.74. The van der Waals surface area contributed by atoms with Gasteiger partial charge >= 0.3 is 6.03 Å². The number of ether oxygens (including phenoxy) is 2. The molecule has 1 aromatic carbocycles. The average molecular weight is 347 g/mol. The fourth-order valence-corrected chi connectivity index (χ4v) is 3.44. The van der Waals surface area contributed by atoms with Crippen molar-refractivity contribution in [2.24, 2.45) is 0 Å². The van der Waals surface area contributed by atoms with Crippen molar-refractivity contribution in [3.05, 3.63) is 29.8 Å². The Hall–Kier alpha value is -2.28. The normalized spacial score (nSPS) is 19.9. The minimum Gasteiger partial charge on any atom is -0.497 e. The Morgan fingerprint density at radius 2 is 2.04 bits per heavy atom. The fourth-order valence-electron chi connectivity index (χ4n) is 3.44. The molecule has 3 amide bonds. The average Bonchev–Trinajstić information content (AvgIpc) is 2.67. The summed E-state index contributed by atoms with van der Waals surface area (Å²) in [7, 11) is 1.65. The van der Waals surface area contributed by atoms with E-state index < -0.39 is 0 Å². The molecule has 2 saturated heterocycles. The molecule has 0 aromatic heterocycles. The van der Waals surface area contributed by atoms with Crippen LogP contribution in [-0.4, -0.2) is 63.3 Å². The third-order valence-corrected chi connectivity index (χ3v) is 5.06. The van der Waals surface area contributed by atoms with Gasteiger partial charge in [0.2, 0.25) is 5.91 Å². The molecule has 0 atom stereocenters. The van der Waals surface area contributed by atoms with Crippen molar-refractivity contribution < 1.29 is 19.1 Å². The minimum atomic E-state index is -0.186. The molecule has 0 saturated carbocycles. The van der Waals surface area contributed by atoms with Crippen molar-refractivity contribution in [2.75, 3.05) is 46.5 Å². The highest BCUT2D eigenvalue weighted by molar-refractivity contribution is 5.85. The van der Waals surface area contributed by atoms with Gasteiger partial charge in [0, 0.05) is 38.3 Å². The topological polar surface area (TPSA) is 79.9 Å². The number of carbonyl (C=O) groups is 2. The highest BCUT2D eigenvalue weighted by atomic mass is 16.5. The van der Waals surface area contributed by atoms with E-state index in [9.17, 15) is 9.59 Å². The number of nitrogens with zero attached hydrogens (tertiary/aromatic N) is 1. The molecule has 2 N–H and O–H groups in total. The predicted octanol–water partition coefficient (Wildman–Crippen LogP) is 0.885. The maximum absolute atomic E-state index is 12.4. The van der Waals surface area contributed by atoms with Crippen LogP contribution in [0.5, 0.6) is 5.75 Å². The van der Waals surface area contributed by atoms with Crippen molar-refractivity contribution in [2.45, 2.75) is 18.3 Å². The summed E-state index contributed by atoms with van der Waals surface area (Å²) in [4.78, 5) is 25.5. The molecular weight excluding hydrogens is 322 g/mol. The molecule has 7 nitrogen and oxygen atoms in total. The standard InChI is InChI=1S/C18H25N3O4/c1-24-15-4-2-14(3-5-15)18(6-10-25-11-7-18)13-20-17(23)21-9-8-19-16(22)12-21/h2-5H,6-13H2,1H3,(H,19,22)(H,20,23). The number of urea groups is 1. The summed E-state index contributed by atoms with van der Waals surface area (Å²) >= 11 is 0. The van der Waals surface area contributed by atoms with Crippen molar-refractivity contribution >= 4 is 11.9 Å². The quantitative estimate of drug-likeness (QED) is 0.848. The first-order chi connectivity index (χ1) is 12.1. The summed E-state index contributed by atoms with van der Waals surface area (Å²) in [5, 5.41) is 5.76. The largest absolute Gasteiger partial charge is 0.497 e. The molecule has 2 fully saturated rings. The summed E-state index contributed by atoms with van der Waals surface area (Å²) in [6.45, 7) is 3.03. The summed E-state index contributed by atoms with van der Waals surface area (Å²) < 4.78 is 10.8. The lowest BCUT2D eigenvalue weighted by molar-refractivity contribution is -0.123. The van der Waals surface area contributed by atoms with E-state index in [-0.39, 0.29) is 23.9 Å². The molecule has 136 valence electrons. The van der Waals surface area contributed by atoms with E-state index in [1.807, 2.05) is 12.1 Å².